The summed E-state index contributed by atoms with van der Waals surface area (Å²) in [4.78, 5) is 2.54. The third-order valence-electron chi connectivity index (χ3n) is 5.24. The van der Waals surface area contributed by atoms with E-state index in [4.69, 9.17) is 4.74 Å². The van der Waals surface area contributed by atoms with Gasteiger partial charge in [-0.3, -0.25) is 4.90 Å². The molecule has 3 nitrogen and oxygen atoms in total. The molecule has 0 spiro atoms. The van der Waals surface area contributed by atoms with E-state index in [2.05, 4.69) is 4.90 Å². The number of hydrogen-bond acceptors (Lipinski definition) is 3. The van der Waals surface area contributed by atoms with Gasteiger partial charge in [0, 0.05) is 12.6 Å². The van der Waals surface area contributed by atoms with Crippen LogP contribution in [0.1, 0.15) is 50.2 Å². The van der Waals surface area contributed by atoms with Crippen LogP contribution in [0.2, 0.25) is 0 Å². The molecule has 3 atom stereocenters. The van der Waals surface area contributed by atoms with Crippen LogP contribution in [0, 0.1) is 5.92 Å². The summed E-state index contributed by atoms with van der Waals surface area (Å²) in [6, 6.07) is 8.53. The summed E-state index contributed by atoms with van der Waals surface area (Å²) in [5, 5.41) is 10.6. The number of nitrogens with zero attached hydrogens (tertiary/aromatic N) is 1. The third kappa shape index (κ3) is 3.41. The van der Waals surface area contributed by atoms with Crippen molar-refractivity contribution in [3.63, 3.8) is 0 Å². The van der Waals surface area contributed by atoms with Gasteiger partial charge >= 0.3 is 0 Å². The summed E-state index contributed by atoms with van der Waals surface area (Å²) in [6.07, 6.45) is 7.70. The first-order valence-corrected chi connectivity index (χ1v) is 8.34. The van der Waals surface area contributed by atoms with Gasteiger partial charge in [-0.2, -0.15) is 0 Å². The maximum Gasteiger partial charge on any atom is 0.119 e. The second-order valence-corrected chi connectivity index (χ2v) is 6.54. The van der Waals surface area contributed by atoms with Gasteiger partial charge in [-0.1, -0.05) is 25.0 Å². The number of fused-ring (bicyclic) bond motifs is 1. The third-order valence-corrected chi connectivity index (χ3v) is 5.24. The minimum atomic E-state index is -0.416. The van der Waals surface area contributed by atoms with Crippen LogP contribution in [0.25, 0.3) is 0 Å². The van der Waals surface area contributed by atoms with E-state index in [0.29, 0.717) is 6.04 Å². The Bertz CT molecular complexity index is 460. The SMILES string of the molecule is COc1cccc(C(O)CN2CCCC3CCCCC32)c1. The highest BCUT2D eigenvalue weighted by Gasteiger charge is 2.33. The Kier molecular flexibility index (Phi) is 4.81. The van der Waals surface area contributed by atoms with E-state index in [-0.39, 0.29) is 0 Å². The van der Waals surface area contributed by atoms with Crippen molar-refractivity contribution in [1.82, 2.24) is 4.90 Å². The fourth-order valence-electron chi connectivity index (χ4n) is 4.13. The molecule has 1 aliphatic carbocycles. The molecule has 2 aliphatic rings. The number of likely N-dealkylation sites (tertiary alicyclic amines) is 1. The average molecular weight is 289 g/mol. The van der Waals surface area contributed by atoms with Crippen molar-refractivity contribution in [3.05, 3.63) is 29.8 Å². The van der Waals surface area contributed by atoms with Crippen molar-refractivity contribution in [1.29, 1.82) is 0 Å². The Labute approximate surface area is 127 Å². The van der Waals surface area contributed by atoms with E-state index in [1.54, 1.807) is 7.11 Å². The van der Waals surface area contributed by atoms with Gasteiger partial charge in [-0.15, -0.1) is 0 Å². The largest absolute Gasteiger partial charge is 0.497 e. The van der Waals surface area contributed by atoms with Gasteiger partial charge in [0.2, 0.25) is 0 Å². The number of benzene rings is 1. The predicted octanol–water partition coefficient (Wildman–Crippen LogP) is 3.38. The lowest BCUT2D eigenvalue weighted by molar-refractivity contribution is 0.0204. The van der Waals surface area contributed by atoms with E-state index in [1.807, 2.05) is 24.3 Å². The van der Waals surface area contributed by atoms with Crippen molar-refractivity contribution in [2.24, 2.45) is 5.92 Å². The highest BCUT2D eigenvalue weighted by molar-refractivity contribution is 5.30. The molecule has 1 aromatic rings. The zero-order valence-electron chi connectivity index (χ0n) is 13.0. The molecule has 1 N–H and O–H groups in total. The molecule has 2 fully saturated rings. The molecule has 1 aliphatic heterocycles. The maximum atomic E-state index is 10.6. The number of rotatable bonds is 4. The summed E-state index contributed by atoms with van der Waals surface area (Å²) in [5.74, 6) is 1.69. The van der Waals surface area contributed by atoms with Crippen molar-refractivity contribution in [2.45, 2.75) is 50.7 Å². The topological polar surface area (TPSA) is 32.7 Å². The van der Waals surface area contributed by atoms with Crippen molar-refractivity contribution < 1.29 is 9.84 Å². The van der Waals surface area contributed by atoms with E-state index >= 15 is 0 Å². The van der Waals surface area contributed by atoms with Crippen LogP contribution in [0.5, 0.6) is 5.75 Å². The molecule has 0 bridgehead atoms. The molecule has 0 radical (unpaired) electrons. The molecule has 3 rings (SSSR count). The Morgan fingerprint density at radius 2 is 2.05 bits per heavy atom. The van der Waals surface area contributed by atoms with Gasteiger partial charge in [0.1, 0.15) is 5.75 Å². The van der Waals surface area contributed by atoms with Crippen LogP contribution in [-0.2, 0) is 0 Å². The Balaban J connectivity index is 1.66. The monoisotopic (exact) mass is 289 g/mol. The van der Waals surface area contributed by atoms with Crippen LogP contribution in [-0.4, -0.2) is 36.2 Å². The van der Waals surface area contributed by atoms with Gasteiger partial charge in [-0.05, 0) is 55.8 Å². The van der Waals surface area contributed by atoms with E-state index in [9.17, 15) is 5.11 Å². The lowest BCUT2D eigenvalue weighted by Crippen LogP contribution is -2.48. The van der Waals surface area contributed by atoms with E-state index in [0.717, 1.165) is 30.3 Å². The van der Waals surface area contributed by atoms with E-state index in [1.165, 1.54) is 38.5 Å². The maximum absolute atomic E-state index is 10.6. The van der Waals surface area contributed by atoms with Crippen LogP contribution in [0.15, 0.2) is 24.3 Å². The predicted molar refractivity (Wildman–Crippen MR) is 84.5 cm³/mol. The number of hydrogen-bond donors (Lipinski definition) is 1. The first kappa shape index (κ1) is 14.9. The van der Waals surface area contributed by atoms with E-state index < -0.39 is 6.10 Å². The molecule has 1 saturated heterocycles. The molecule has 1 heterocycles. The first-order chi connectivity index (χ1) is 10.3. The van der Waals surface area contributed by atoms with Crippen LogP contribution in [0.3, 0.4) is 0 Å². The van der Waals surface area contributed by atoms with Crippen molar-refractivity contribution >= 4 is 0 Å². The zero-order chi connectivity index (χ0) is 14.7. The summed E-state index contributed by atoms with van der Waals surface area (Å²) in [7, 11) is 1.67. The van der Waals surface area contributed by atoms with Gasteiger partial charge in [0.25, 0.3) is 0 Å². The zero-order valence-corrected chi connectivity index (χ0v) is 13.0. The Morgan fingerprint density at radius 3 is 2.90 bits per heavy atom. The van der Waals surface area contributed by atoms with Crippen LogP contribution < -0.4 is 4.74 Å². The molecule has 1 aromatic carbocycles. The van der Waals surface area contributed by atoms with Crippen molar-refractivity contribution in [3.8, 4) is 5.75 Å². The fourth-order valence-corrected chi connectivity index (χ4v) is 4.13. The smallest absolute Gasteiger partial charge is 0.119 e. The first-order valence-electron chi connectivity index (χ1n) is 8.34. The van der Waals surface area contributed by atoms with Crippen LogP contribution >= 0.6 is 0 Å². The Morgan fingerprint density at radius 1 is 1.24 bits per heavy atom. The number of β-amino-alcohol motifs (C(OH)–C–C–N with tert-alkyl or cyclic N) is 1. The normalized spacial score (nSPS) is 27.9. The number of ether oxygens (including phenoxy) is 1. The Hall–Kier alpha value is -1.06. The molecule has 3 heteroatoms. The minimum absolute atomic E-state index is 0.416. The molecular weight excluding hydrogens is 262 g/mol. The van der Waals surface area contributed by atoms with Gasteiger partial charge in [0.15, 0.2) is 0 Å². The quantitative estimate of drug-likeness (QED) is 0.922. The average Bonchev–Trinajstić information content (AvgIpc) is 2.55. The minimum Gasteiger partial charge on any atom is -0.497 e. The summed E-state index contributed by atoms with van der Waals surface area (Å²) in [6.45, 7) is 1.90. The highest BCUT2D eigenvalue weighted by atomic mass is 16.5. The molecular formula is C18H27NO2. The lowest BCUT2D eigenvalue weighted by atomic mass is 9.78. The van der Waals surface area contributed by atoms with Crippen LogP contribution in [0.4, 0.5) is 0 Å². The standard InChI is InChI=1S/C18H27NO2/c1-21-16-9-4-7-15(12-16)18(20)13-19-11-5-8-14-6-2-3-10-17(14)19/h4,7,9,12,14,17-18,20H,2-3,5-6,8,10-11,13H2,1H3. The number of aliphatic hydroxyl groups excluding tert-OH is 1. The molecule has 116 valence electrons. The fraction of sp³-hybridized carbons (Fsp3) is 0.667. The number of methoxy groups -OCH3 is 1. The molecule has 3 unspecified atom stereocenters. The molecule has 21 heavy (non-hydrogen) atoms. The summed E-state index contributed by atoms with van der Waals surface area (Å²) in [5.41, 5.74) is 0.965. The number of piperidine rings is 1. The second kappa shape index (κ2) is 6.80. The second-order valence-electron chi connectivity index (χ2n) is 6.54. The molecule has 0 amide bonds. The van der Waals surface area contributed by atoms with Gasteiger partial charge in [-0.25, -0.2) is 0 Å². The highest BCUT2D eigenvalue weighted by Crippen LogP contribution is 2.36. The van der Waals surface area contributed by atoms with Gasteiger partial charge in [0.05, 0.1) is 13.2 Å². The molecule has 1 saturated carbocycles. The van der Waals surface area contributed by atoms with Gasteiger partial charge < -0.3 is 9.84 Å². The molecule has 0 aromatic heterocycles. The summed E-state index contributed by atoms with van der Waals surface area (Å²) >= 11 is 0. The number of aliphatic hydroxyl groups is 1. The summed E-state index contributed by atoms with van der Waals surface area (Å²) < 4.78 is 5.26. The van der Waals surface area contributed by atoms with Crippen molar-refractivity contribution in [2.75, 3.05) is 20.2 Å². The lowest BCUT2D eigenvalue weighted by Gasteiger charge is -2.44.